The third-order valence-corrected chi connectivity index (χ3v) is 6.61. The number of aromatic nitrogens is 2. The van der Waals surface area contributed by atoms with Crippen LogP contribution in [0.25, 0.3) is 11.3 Å². The van der Waals surface area contributed by atoms with E-state index in [2.05, 4.69) is 15.5 Å². The van der Waals surface area contributed by atoms with Crippen LogP contribution in [0, 0.1) is 0 Å². The van der Waals surface area contributed by atoms with Crippen molar-refractivity contribution in [2.24, 2.45) is 0 Å². The standard InChI is InChI=1S/C22H24F3N3O3/c23-22(24,25)11-5-7-13(17(30)9-11)20-14-10-12-6-8-18(31-12)19(14)21(28-27-20)26-15-3-1-2-4-16(15)29/h5,7,9,12,15-16,18,29-30H,1-4,6,8,10H2,(H,26,28)/t12-,15+,16+,18+/m0/s1. The number of anilines is 1. The van der Waals surface area contributed by atoms with Gasteiger partial charge in [-0.3, -0.25) is 0 Å². The van der Waals surface area contributed by atoms with E-state index in [-0.39, 0.29) is 23.8 Å². The fourth-order valence-electron chi connectivity index (χ4n) is 5.02. The number of nitrogens with zero attached hydrogens (tertiary/aromatic N) is 2. The lowest BCUT2D eigenvalue weighted by Gasteiger charge is -2.32. The van der Waals surface area contributed by atoms with Crippen molar-refractivity contribution < 1.29 is 28.1 Å². The molecule has 1 saturated heterocycles. The number of phenolic OH excluding ortho intramolecular Hbond substituents is 1. The number of aromatic hydroxyl groups is 1. The second kappa shape index (κ2) is 7.63. The van der Waals surface area contributed by atoms with Crippen molar-refractivity contribution >= 4 is 5.82 Å². The number of alkyl halides is 3. The summed E-state index contributed by atoms with van der Waals surface area (Å²) in [5, 5.41) is 32.7. The number of halogens is 3. The molecule has 1 aromatic carbocycles. The fraction of sp³-hybridized carbons (Fsp3) is 0.545. The summed E-state index contributed by atoms with van der Waals surface area (Å²) in [4.78, 5) is 0. The molecule has 2 aliphatic heterocycles. The summed E-state index contributed by atoms with van der Waals surface area (Å²) >= 11 is 0. The third-order valence-electron chi connectivity index (χ3n) is 6.61. The average Bonchev–Trinajstić information content (AvgIpc) is 3.10. The molecule has 3 N–H and O–H groups in total. The van der Waals surface area contributed by atoms with Gasteiger partial charge in [0.25, 0.3) is 0 Å². The van der Waals surface area contributed by atoms with Crippen molar-refractivity contribution in [3.8, 4) is 17.0 Å². The van der Waals surface area contributed by atoms with Crippen molar-refractivity contribution in [2.45, 2.75) is 75.5 Å². The summed E-state index contributed by atoms with van der Waals surface area (Å²) in [5.41, 5.74) is 1.38. The highest BCUT2D eigenvalue weighted by molar-refractivity contribution is 5.73. The molecular weight excluding hydrogens is 411 g/mol. The molecule has 2 bridgehead atoms. The Morgan fingerprint density at radius 2 is 1.87 bits per heavy atom. The minimum atomic E-state index is -4.54. The number of hydrogen-bond donors (Lipinski definition) is 3. The lowest BCUT2D eigenvalue weighted by Crippen LogP contribution is -2.37. The van der Waals surface area contributed by atoms with Crippen LogP contribution in [0.15, 0.2) is 18.2 Å². The molecule has 0 spiro atoms. The van der Waals surface area contributed by atoms with Crippen LogP contribution in [0.4, 0.5) is 19.0 Å². The molecule has 166 valence electrons. The zero-order valence-electron chi connectivity index (χ0n) is 16.8. The molecule has 2 aromatic rings. The largest absolute Gasteiger partial charge is 0.507 e. The van der Waals surface area contributed by atoms with Crippen LogP contribution < -0.4 is 5.32 Å². The van der Waals surface area contributed by atoms with E-state index in [1.165, 1.54) is 6.07 Å². The van der Waals surface area contributed by atoms with Crippen LogP contribution >= 0.6 is 0 Å². The molecule has 1 aliphatic carbocycles. The van der Waals surface area contributed by atoms with Crippen LogP contribution in [0.3, 0.4) is 0 Å². The molecule has 0 amide bonds. The number of rotatable bonds is 3. The van der Waals surface area contributed by atoms with Gasteiger partial charge >= 0.3 is 6.18 Å². The second-order valence-corrected chi connectivity index (χ2v) is 8.65. The number of fused-ring (bicyclic) bond motifs is 4. The van der Waals surface area contributed by atoms with Gasteiger partial charge in [-0.1, -0.05) is 12.8 Å². The summed E-state index contributed by atoms with van der Waals surface area (Å²) in [5.74, 6) is 0.0787. The predicted octanol–water partition coefficient (Wildman–Crippen LogP) is 4.36. The number of benzene rings is 1. The zero-order valence-corrected chi connectivity index (χ0v) is 16.8. The number of nitrogens with one attached hydrogen (secondary N) is 1. The maximum absolute atomic E-state index is 13.0. The van der Waals surface area contributed by atoms with Gasteiger partial charge in [-0.05, 0) is 49.4 Å². The summed E-state index contributed by atoms with van der Waals surface area (Å²) in [6.45, 7) is 0. The highest BCUT2D eigenvalue weighted by Gasteiger charge is 2.39. The normalized spacial score (nSPS) is 27.7. The van der Waals surface area contributed by atoms with Crippen LogP contribution in [0.5, 0.6) is 5.75 Å². The zero-order chi connectivity index (χ0) is 21.8. The monoisotopic (exact) mass is 435 g/mol. The lowest BCUT2D eigenvalue weighted by atomic mass is 9.91. The Bertz CT molecular complexity index is 998. The van der Waals surface area contributed by atoms with Gasteiger partial charge in [0.05, 0.1) is 29.9 Å². The van der Waals surface area contributed by atoms with Gasteiger partial charge in [0.15, 0.2) is 5.82 Å². The van der Waals surface area contributed by atoms with Gasteiger partial charge in [-0.15, -0.1) is 10.2 Å². The van der Waals surface area contributed by atoms with Crippen molar-refractivity contribution in [1.82, 2.24) is 10.2 Å². The SMILES string of the molecule is Oc1cc(C(F)(F)F)ccc1-c1nnc(N[C@@H]2CCCC[C@H]2O)c2c1C[C@@H]1CC[C@H]2O1. The fourth-order valence-corrected chi connectivity index (χ4v) is 5.02. The van der Waals surface area contributed by atoms with Crippen LogP contribution in [0.2, 0.25) is 0 Å². The number of aliphatic hydroxyl groups excluding tert-OH is 1. The number of phenols is 1. The molecule has 31 heavy (non-hydrogen) atoms. The Morgan fingerprint density at radius 1 is 1.06 bits per heavy atom. The molecule has 6 nitrogen and oxygen atoms in total. The summed E-state index contributed by atoms with van der Waals surface area (Å²) < 4.78 is 45.1. The van der Waals surface area contributed by atoms with Gasteiger partial charge < -0.3 is 20.3 Å². The molecule has 2 fully saturated rings. The molecule has 9 heteroatoms. The minimum absolute atomic E-state index is 0.0187. The van der Waals surface area contributed by atoms with E-state index in [9.17, 15) is 23.4 Å². The Balaban J connectivity index is 1.57. The lowest BCUT2D eigenvalue weighted by molar-refractivity contribution is -0.137. The number of aliphatic hydroxyl groups is 1. The van der Waals surface area contributed by atoms with E-state index in [0.717, 1.165) is 61.8 Å². The molecule has 4 atom stereocenters. The molecule has 5 rings (SSSR count). The molecule has 0 radical (unpaired) electrons. The summed E-state index contributed by atoms with van der Waals surface area (Å²) in [6, 6.07) is 2.79. The number of ether oxygens (including phenoxy) is 1. The Kier molecular flexibility index (Phi) is 5.05. The quantitative estimate of drug-likeness (QED) is 0.664. The van der Waals surface area contributed by atoms with E-state index in [1.807, 2.05) is 0 Å². The van der Waals surface area contributed by atoms with Crippen LogP contribution in [-0.2, 0) is 17.3 Å². The van der Waals surface area contributed by atoms with Crippen molar-refractivity contribution in [2.75, 3.05) is 5.32 Å². The van der Waals surface area contributed by atoms with Crippen LogP contribution in [-0.4, -0.2) is 38.7 Å². The van der Waals surface area contributed by atoms with Crippen LogP contribution in [0.1, 0.15) is 61.3 Å². The average molecular weight is 435 g/mol. The van der Waals surface area contributed by atoms with Gasteiger partial charge in [0.2, 0.25) is 0 Å². The van der Waals surface area contributed by atoms with E-state index in [0.29, 0.717) is 17.9 Å². The molecular formula is C22H24F3N3O3. The van der Waals surface area contributed by atoms with E-state index < -0.39 is 23.6 Å². The summed E-state index contributed by atoms with van der Waals surface area (Å²) in [6.07, 6.45) is 0.653. The highest BCUT2D eigenvalue weighted by Crippen LogP contribution is 2.47. The van der Waals surface area contributed by atoms with Gasteiger partial charge in [0, 0.05) is 17.5 Å². The van der Waals surface area contributed by atoms with E-state index in [1.54, 1.807) is 0 Å². The van der Waals surface area contributed by atoms with Crippen molar-refractivity contribution in [1.29, 1.82) is 0 Å². The predicted molar refractivity (Wildman–Crippen MR) is 107 cm³/mol. The topological polar surface area (TPSA) is 87.5 Å². The molecule has 1 aromatic heterocycles. The first-order chi connectivity index (χ1) is 14.8. The molecule has 0 unspecified atom stereocenters. The Hall–Kier alpha value is -2.39. The smallest absolute Gasteiger partial charge is 0.416 e. The molecule has 3 aliphatic rings. The summed E-state index contributed by atoms with van der Waals surface area (Å²) in [7, 11) is 0. The first kappa shape index (κ1) is 20.5. The Morgan fingerprint density at radius 3 is 2.61 bits per heavy atom. The van der Waals surface area contributed by atoms with Crippen molar-refractivity contribution in [3.63, 3.8) is 0 Å². The molecule has 1 saturated carbocycles. The number of hydrogen-bond acceptors (Lipinski definition) is 6. The van der Waals surface area contributed by atoms with E-state index in [4.69, 9.17) is 4.74 Å². The highest BCUT2D eigenvalue weighted by atomic mass is 19.4. The van der Waals surface area contributed by atoms with Gasteiger partial charge in [0.1, 0.15) is 11.4 Å². The van der Waals surface area contributed by atoms with E-state index >= 15 is 0 Å². The van der Waals surface area contributed by atoms with Gasteiger partial charge in [-0.2, -0.15) is 13.2 Å². The van der Waals surface area contributed by atoms with Crippen molar-refractivity contribution in [3.05, 3.63) is 34.9 Å². The Labute approximate surface area is 177 Å². The third kappa shape index (κ3) is 3.74. The maximum Gasteiger partial charge on any atom is 0.416 e. The second-order valence-electron chi connectivity index (χ2n) is 8.65. The first-order valence-electron chi connectivity index (χ1n) is 10.7. The van der Waals surface area contributed by atoms with Gasteiger partial charge in [-0.25, -0.2) is 0 Å². The minimum Gasteiger partial charge on any atom is -0.507 e. The first-order valence-corrected chi connectivity index (χ1v) is 10.7. The molecule has 3 heterocycles. The maximum atomic E-state index is 13.0.